The molecule has 1 aliphatic rings. The summed E-state index contributed by atoms with van der Waals surface area (Å²) in [4.78, 5) is 36.2. The van der Waals surface area contributed by atoms with Crippen molar-refractivity contribution in [2.24, 2.45) is 0 Å². The van der Waals surface area contributed by atoms with E-state index in [9.17, 15) is 14.4 Å². The molecule has 2 aromatic rings. The molecule has 1 amide bonds. The second kappa shape index (κ2) is 10.1. The van der Waals surface area contributed by atoms with E-state index in [1.807, 2.05) is 18.2 Å². The normalized spacial score (nSPS) is 16.1. The summed E-state index contributed by atoms with van der Waals surface area (Å²) in [5.41, 5.74) is 2.98. The summed E-state index contributed by atoms with van der Waals surface area (Å²) in [6, 6.07) is 14.6. The van der Waals surface area contributed by atoms with E-state index in [0.717, 1.165) is 24.8 Å². The lowest BCUT2D eigenvalue weighted by Gasteiger charge is -2.27. The molecule has 6 heteroatoms. The molecular formula is C24H27NO5. The second-order valence-electron chi connectivity index (χ2n) is 7.37. The molecule has 1 aliphatic carbocycles. The van der Waals surface area contributed by atoms with Gasteiger partial charge < -0.3 is 14.8 Å². The highest BCUT2D eigenvalue weighted by Crippen LogP contribution is 2.29. The zero-order chi connectivity index (χ0) is 21.5. The third-order valence-electron chi connectivity index (χ3n) is 5.22. The molecule has 6 nitrogen and oxygen atoms in total. The van der Waals surface area contributed by atoms with Crippen LogP contribution >= 0.6 is 0 Å². The van der Waals surface area contributed by atoms with Gasteiger partial charge in [-0.05, 0) is 61.6 Å². The number of benzene rings is 2. The monoisotopic (exact) mass is 409 g/mol. The Morgan fingerprint density at radius 3 is 2.57 bits per heavy atom. The van der Waals surface area contributed by atoms with Gasteiger partial charge in [-0.2, -0.15) is 0 Å². The lowest BCUT2D eigenvalue weighted by molar-refractivity contribution is -0.156. The third-order valence-corrected chi connectivity index (χ3v) is 5.22. The van der Waals surface area contributed by atoms with Crippen molar-refractivity contribution in [3.8, 4) is 5.75 Å². The quantitative estimate of drug-likeness (QED) is 0.530. The number of ketones is 1. The fourth-order valence-electron chi connectivity index (χ4n) is 3.56. The largest absolute Gasteiger partial charge is 0.482 e. The molecule has 0 heterocycles. The summed E-state index contributed by atoms with van der Waals surface area (Å²) in [6.07, 6.45) is 2.40. The highest BCUT2D eigenvalue weighted by molar-refractivity contribution is 5.95. The highest BCUT2D eigenvalue weighted by atomic mass is 16.6. The summed E-state index contributed by atoms with van der Waals surface area (Å²) in [7, 11) is 0. The Hall–Kier alpha value is -3.15. The predicted octanol–water partition coefficient (Wildman–Crippen LogP) is 3.78. The first-order valence-corrected chi connectivity index (χ1v) is 10.3. The minimum atomic E-state index is -0.917. The maximum Gasteiger partial charge on any atom is 0.344 e. The predicted molar refractivity (Wildman–Crippen MR) is 112 cm³/mol. The van der Waals surface area contributed by atoms with Crippen molar-refractivity contribution in [2.45, 2.75) is 51.7 Å². The van der Waals surface area contributed by atoms with Gasteiger partial charge >= 0.3 is 5.97 Å². The topological polar surface area (TPSA) is 81.7 Å². The van der Waals surface area contributed by atoms with Crippen molar-refractivity contribution in [2.75, 3.05) is 6.61 Å². The third kappa shape index (κ3) is 5.47. The average molecular weight is 409 g/mol. The molecule has 0 saturated carbocycles. The molecule has 158 valence electrons. The second-order valence-corrected chi connectivity index (χ2v) is 7.37. The van der Waals surface area contributed by atoms with Crippen LogP contribution in [-0.4, -0.2) is 30.4 Å². The highest BCUT2D eigenvalue weighted by Gasteiger charge is 2.25. The lowest BCUT2D eigenvalue weighted by atomic mass is 9.87. The number of hydrogen-bond acceptors (Lipinski definition) is 5. The molecule has 2 atom stereocenters. The Morgan fingerprint density at radius 1 is 1.10 bits per heavy atom. The van der Waals surface area contributed by atoms with Gasteiger partial charge in [-0.25, -0.2) is 4.79 Å². The van der Waals surface area contributed by atoms with E-state index >= 15 is 0 Å². The van der Waals surface area contributed by atoms with E-state index in [2.05, 4.69) is 11.4 Å². The van der Waals surface area contributed by atoms with E-state index in [1.54, 1.807) is 38.1 Å². The van der Waals surface area contributed by atoms with Crippen LogP contribution in [0.3, 0.4) is 0 Å². The molecule has 30 heavy (non-hydrogen) atoms. The van der Waals surface area contributed by atoms with Crippen LogP contribution in [-0.2, 0) is 20.7 Å². The number of carbonyl (C=O) groups is 3. The van der Waals surface area contributed by atoms with Crippen LogP contribution in [0.1, 0.15) is 60.6 Å². The van der Waals surface area contributed by atoms with Crippen molar-refractivity contribution in [1.29, 1.82) is 0 Å². The molecule has 0 aromatic heterocycles. The number of fused-ring (bicyclic) bond motifs is 1. The first-order valence-electron chi connectivity index (χ1n) is 10.3. The van der Waals surface area contributed by atoms with E-state index in [4.69, 9.17) is 9.47 Å². The number of carbonyl (C=O) groups excluding carboxylic acids is 3. The molecule has 0 saturated heterocycles. The van der Waals surface area contributed by atoms with E-state index < -0.39 is 12.1 Å². The number of rotatable bonds is 8. The summed E-state index contributed by atoms with van der Waals surface area (Å²) in [6.45, 7) is 3.03. The Balaban J connectivity index is 1.47. The molecule has 0 unspecified atom stereocenters. The van der Waals surface area contributed by atoms with Crippen molar-refractivity contribution in [3.05, 3.63) is 65.2 Å². The van der Waals surface area contributed by atoms with Crippen LogP contribution < -0.4 is 10.1 Å². The zero-order valence-electron chi connectivity index (χ0n) is 17.4. The number of ether oxygens (including phenoxy) is 2. The Bertz CT molecular complexity index is 906. The van der Waals surface area contributed by atoms with Crippen molar-refractivity contribution >= 4 is 17.7 Å². The van der Waals surface area contributed by atoms with Gasteiger partial charge in [0, 0.05) is 12.0 Å². The summed E-state index contributed by atoms with van der Waals surface area (Å²) in [5, 5.41) is 2.99. The van der Waals surface area contributed by atoms with E-state index in [0.29, 0.717) is 17.7 Å². The first kappa shape index (κ1) is 21.6. The molecule has 3 rings (SSSR count). The lowest BCUT2D eigenvalue weighted by Crippen LogP contribution is -2.39. The SMILES string of the molecule is CCC(=O)c1ccc(OCC(=O)O[C@H](C)C(=O)N[C@H]2CCCc3ccccc32)cc1. The molecule has 0 fully saturated rings. The smallest absolute Gasteiger partial charge is 0.344 e. The Morgan fingerprint density at radius 2 is 1.83 bits per heavy atom. The molecule has 1 N–H and O–H groups in total. The number of aryl methyl sites for hydroxylation is 1. The van der Waals surface area contributed by atoms with Gasteiger partial charge in [0.1, 0.15) is 5.75 Å². The van der Waals surface area contributed by atoms with Crippen molar-refractivity contribution in [3.63, 3.8) is 0 Å². The zero-order valence-corrected chi connectivity index (χ0v) is 17.4. The van der Waals surface area contributed by atoms with E-state index in [-0.39, 0.29) is 24.3 Å². The van der Waals surface area contributed by atoms with Crippen molar-refractivity contribution in [1.82, 2.24) is 5.32 Å². The molecule has 2 aromatic carbocycles. The van der Waals surface area contributed by atoms with Gasteiger partial charge in [-0.15, -0.1) is 0 Å². The Labute approximate surface area is 176 Å². The number of Topliss-reactive ketones (excluding diaryl/α,β-unsaturated/α-hetero) is 1. The molecule has 0 bridgehead atoms. The maximum atomic E-state index is 12.5. The number of nitrogens with one attached hydrogen (secondary N) is 1. The molecule has 0 radical (unpaired) electrons. The van der Waals surface area contributed by atoms with Crippen LogP contribution in [0.15, 0.2) is 48.5 Å². The van der Waals surface area contributed by atoms with Gasteiger partial charge in [-0.1, -0.05) is 31.2 Å². The Kier molecular flexibility index (Phi) is 7.22. The number of amides is 1. The van der Waals surface area contributed by atoms with Crippen LogP contribution in [0.25, 0.3) is 0 Å². The van der Waals surface area contributed by atoms with Crippen LogP contribution in [0, 0.1) is 0 Å². The van der Waals surface area contributed by atoms with Gasteiger partial charge in [-0.3, -0.25) is 9.59 Å². The van der Waals surface area contributed by atoms with Crippen LogP contribution in [0.2, 0.25) is 0 Å². The van der Waals surface area contributed by atoms with Gasteiger partial charge in [0.15, 0.2) is 18.5 Å². The minimum Gasteiger partial charge on any atom is -0.482 e. The fourth-order valence-corrected chi connectivity index (χ4v) is 3.56. The standard InChI is InChI=1S/C24H27NO5/c1-3-22(26)18-11-13-19(14-12-18)29-15-23(27)30-16(2)24(28)25-21-10-6-8-17-7-4-5-9-20(17)21/h4-5,7,9,11-14,16,21H,3,6,8,10,15H2,1-2H3,(H,25,28)/t16-,21+/m1/s1. The average Bonchev–Trinajstić information content (AvgIpc) is 2.77. The molecule has 0 spiro atoms. The molecular weight excluding hydrogens is 382 g/mol. The minimum absolute atomic E-state index is 0.0430. The van der Waals surface area contributed by atoms with Gasteiger partial charge in [0.2, 0.25) is 0 Å². The summed E-state index contributed by atoms with van der Waals surface area (Å²) < 4.78 is 10.6. The van der Waals surface area contributed by atoms with Crippen LogP contribution in [0.5, 0.6) is 5.75 Å². The summed E-state index contributed by atoms with van der Waals surface area (Å²) in [5.74, 6) is -0.459. The maximum absolute atomic E-state index is 12.5. The number of hydrogen-bond donors (Lipinski definition) is 1. The molecule has 0 aliphatic heterocycles. The van der Waals surface area contributed by atoms with E-state index in [1.165, 1.54) is 5.56 Å². The van der Waals surface area contributed by atoms with Crippen molar-refractivity contribution < 1.29 is 23.9 Å². The van der Waals surface area contributed by atoms with Gasteiger partial charge in [0.25, 0.3) is 5.91 Å². The number of esters is 1. The fraction of sp³-hybridized carbons (Fsp3) is 0.375. The van der Waals surface area contributed by atoms with Gasteiger partial charge in [0.05, 0.1) is 6.04 Å². The summed E-state index contributed by atoms with van der Waals surface area (Å²) >= 11 is 0. The van der Waals surface area contributed by atoms with Crippen LogP contribution in [0.4, 0.5) is 0 Å². The first-order chi connectivity index (χ1) is 14.5.